The topological polar surface area (TPSA) is 96.3 Å². The SMILES string of the molecule is Cc1ccc(N2C(=O)C(=O)/C(=C(\O)c3ccc4c(c3)OCO4)C2c2ccc(O)cc2)c(C)c1. The van der Waals surface area contributed by atoms with Gasteiger partial charge in [-0.2, -0.15) is 0 Å². The number of hydrogen-bond donors (Lipinski definition) is 2. The molecule has 7 nitrogen and oxygen atoms in total. The van der Waals surface area contributed by atoms with E-state index in [-0.39, 0.29) is 23.9 Å². The van der Waals surface area contributed by atoms with Crippen molar-refractivity contribution in [3.63, 3.8) is 0 Å². The van der Waals surface area contributed by atoms with E-state index in [0.717, 1.165) is 11.1 Å². The Morgan fingerprint density at radius 2 is 1.67 bits per heavy atom. The Morgan fingerprint density at radius 3 is 2.39 bits per heavy atom. The zero-order chi connectivity index (χ0) is 23.3. The highest BCUT2D eigenvalue weighted by Gasteiger charge is 2.47. The largest absolute Gasteiger partial charge is 0.508 e. The fourth-order valence-corrected chi connectivity index (χ4v) is 4.33. The molecule has 166 valence electrons. The molecule has 1 atom stereocenters. The van der Waals surface area contributed by atoms with Gasteiger partial charge in [-0.1, -0.05) is 29.8 Å². The van der Waals surface area contributed by atoms with Gasteiger partial charge in [-0.3, -0.25) is 14.5 Å². The number of amides is 1. The number of benzene rings is 3. The molecular weight excluding hydrogens is 422 g/mol. The zero-order valence-corrected chi connectivity index (χ0v) is 18.0. The fourth-order valence-electron chi connectivity index (χ4n) is 4.33. The van der Waals surface area contributed by atoms with Gasteiger partial charge in [0.05, 0.1) is 11.6 Å². The maximum Gasteiger partial charge on any atom is 0.300 e. The number of ether oxygens (including phenoxy) is 2. The van der Waals surface area contributed by atoms with Gasteiger partial charge < -0.3 is 19.7 Å². The highest BCUT2D eigenvalue weighted by atomic mass is 16.7. The summed E-state index contributed by atoms with van der Waals surface area (Å²) in [6, 6.07) is 15.8. The number of aryl methyl sites for hydroxylation is 2. The van der Waals surface area contributed by atoms with Gasteiger partial charge in [0, 0.05) is 11.3 Å². The number of carbonyl (C=O) groups excluding carboxylic acids is 2. The Bertz CT molecular complexity index is 1330. The minimum absolute atomic E-state index is 0.0375. The summed E-state index contributed by atoms with van der Waals surface area (Å²) in [4.78, 5) is 27.9. The standard InChI is InChI=1S/C26H21NO6/c1-14-3-9-19(15(2)11-14)27-23(16-4-7-18(28)8-5-16)22(25(30)26(27)31)24(29)17-6-10-20-21(12-17)33-13-32-20/h3-12,23,28-29H,13H2,1-2H3/b24-22-. The Morgan fingerprint density at radius 1 is 0.939 bits per heavy atom. The van der Waals surface area contributed by atoms with Gasteiger partial charge in [-0.05, 0) is 61.4 Å². The van der Waals surface area contributed by atoms with E-state index in [1.807, 2.05) is 26.0 Å². The Balaban J connectivity index is 1.72. The van der Waals surface area contributed by atoms with E-state index in [1.165, 1.54) is 17.0 Å². The van der Waals surface area contributed by atoms with Crippen molar-refractivity contribution in [3.05, 3.63) is 88.5 Å². The lowest BCUT2D eigenvalue weighted by Crippen LogP contribution is -2.30. The molecule has 1 saturated heterocycles. The van der Waals surface area contributed by atoms with Crippen molar-refractivity contribution in [1.82, 2.24) is 0 Å². The number of nitrogens with zero attached hydrogens (tertiary/aromatic N) is 1. The van der Waals surface area contributed by atoms with Crippen LogP contribution in [0.25, 0.3) is 5.76 Å². The molecule has 0 aromatic heterocycles. The van der Waals surface area contributed by atoms with Gasteiger partial charge in [0.1, 0.15) is 11.5 Å². The van der Waals surface area contributed by atoms with Gasteiger partial charge >= 0.3 is 0 Å². The molecular formula is C26H21NO6. The van der Waals surface area contributed by atoms with Crippen molar-refractivity contribution in [1.29, 1.82) is 0 Å². The molecule has 0 bridgehead atoms. The van der Waals surface area contributed by atoms with E-state index in [1.54, 1.807) is 36.4 Å². The third-order valence-electron chi connectivity index (χ3n) is 5.91. The van der Waals surface area contributed by atoms with E-state index < -0.39 is 17.7 Å². The molecule has 33 heavy (non-hydrogen) atoms. The number of aromatic hydroxyl groups is 1. The molecule has 2 aliphatic rings. The number of anilines is 1. The van der Waals surface area contributed by atoms with Crippen LogP contribution < -0.4 is 14.4 Å². The summed E-state index contributed by atoms with van der Waals surface area (Å²) in [5.74, 6) is -0.790. The molecule has 0 spiro atoms. The third-order valence-corrected chi connectivity index (χ3v) is 5.91. The monoisotopic (exact) mass is 443 g/mol. The predicted molar refractivity (Wildman–Crippen MR) is 121 cm³/mol. The summed E-state index contributed by atoms with van der Waals surface area (Å²) in [6.45, 7) is 3.89. The van der Waals surface area contributed by atoms with Crippen molar-refractivity contribution >= 4 is 23.1 Å². The molecule has 1 amide bonds. The van der Waals surface area contributed by atoms with Crippen LogP contribution in [0.2, 0.25) is 0 Å². The fraction of sp³-hybridized carbons (Fsp3) is 0.154. The smallest absolute Gasteiger partial charge is 0.300 e. The van der Waals surface area contributed by atoms with Crippen molar-refractivity contribution in [2.24, 2.45) is 0 Å². The third kappa shape index (κ3) is 3.38. The second-order valence-corrected chi connectivity index (χ2v) is 8.12. The van der Waals surface area contributed by atoms with Crippen LogP contribution in [0.1, 0.15) is 28.3 Å². The van der Waals surface area contributed by atoms with Crippen molar-refractivity contribution in [3.8, 4) is 17.2 Å². The average molecular weight is 443 g/mol. The minimum Gasteiger partial charge on any atom is -0.508 e. The number of hydrogen-bond acceptors (Lipinski definition) is 6. The van der Waals surface area contributed by atoms with Crippen LogP contribution in [0, 0.1) is 13.8 Å². The molecule has 5 rings (SSSR count). The van der Waals surface area contributed by atoms with Gasteiger partial charge in [-0.15, -0.1) is 0 Å². The van der Waals surface area contributed by atoms with Crippen LogP contribution in [0.3, 0.4) is 0 Å². The van der Waals surface area contributed by atoms with Crippen LogP contribution >= 0.6 is 0 Å². The number of rotatable bonds is 3. The van der Waals surface area contributed by atoms with Crippen LogP contribution in [-0.4, -0.2) is 28.7 Å². The van der Waals surface area contributed by atoms with E-state index in [0.29, 0.717) is 28.3 Å². The number of aliphatic hydroxyl groups is 1. The zero-order valence-electron chi connectivity index (χ0n) is 18.0. The molecule has 3 aromatic carbocycles. The highest BCUT2D eigenvalue weighted by molar-refractivity contribution is 6.51. The number of ketones is 1. The summed E-state index contributed by atoms with van der Waals surface area (Å²) in [5, 5.41) is 21.0. The summed E-state index contributed by atoms with van der Waals surface area (Å²) >= 11 is 0. The van der Waals surface area contributed by atoms with Gasteiger partial charge in [0.15, 0.2) is 11.5 Å². The maximum atomic E-state index is 13.3. The summed E-state index contributed by atoms with van der Waals surface area (Å²) < 4.78 is 10.7. The van der Waals surface area contributed by atoms with Crippen LogP contribution in [-0.2, 0) is 9.59 Å². The lowest BCUT2D eigenvalue weighted by atomic mass is 9.94. The number of phenolic OH excluding ortho intramolecular Hbond substituents is 1. The molecule has 2 aliphatic heterocycles. The highest BCUT2D eigenvalue weighted by Crippen LogP contribution is 2.44. The molecule has 0 saturated carbocycles. The number of fused-ring (bicyclic) bond motifs is 1. The minimum atomic E-state index is -0.877. The first-order chi connectivity index (χ1) is 15.8. The van der Waals surface area contributed by atoms with E-state index in [2.05, 4.69) is 0 Å². The van der Waals surface area contributed by atoms with E-state index in [4.69, 9.17) is 9.47 Å². The summed E-state index contributed by atoms with van der Waals surface area (Å²) in [5.41, 5.74) is 3.30. The molecule has 1 fully saturated rings. The molecule has 3 aromatic rings. The second-order valence-electron chi connectivity index (χ2n) is 8.12. The van der Waals surface area contributed by atoms with E-state index >= 15 is 0 Å². The second kappa shape index (κ2) is 7.70. The van der Waals surface area contributed by atoms with Gasteiger partial charge in [-0.25, -0.2) is 0 Å². The van der Waals surface area contributed by atoms with Crippen LogP contribution in [0.4, 0.5) is 5.69 Å². The van der Waals surface area contributed by atoms with Gasteiger partial charge in [0.25, 0.3) is 11.7 Å². The number of Topliss-reactive ketones (excluding diaryl/α,β-unsaturated/α-hetero) is 1. The Hall–Kier alpha value is -4.26. The van der Waals surface area contributed by atoms with Crippen molar-refractivity contribution < 1.29 is 29.3 Å². The van der Waals surface area contributed by atoms with Crippen LogP contribution in [0.5, 0.6) is 17.2 Å². The number of aliphatic hydroxyl groups excluding tert-OH is 1. The number of phenols is 1. The first-order valence-electron chi connectivity index (χ1n) is 10.4. The molecule has 7 heteroatoms. The Labute approximate surface area is 190 Å². The number of carbonyl (C=O) groups is 2. The van der Waals surface area contributed by atoms with Crippen molar-refractivity contribution in [2.75, 3.05) is 11.7 Å². The first-order valence-corrected chi connectivity index (χ1v) is 10.4. The normalized spacial score (nSPS) is 18.7. The van der Waals surface area contributed by atoms with Gasteiger partial charge in [0.2, 0.25) is 6.79 Å². The van der Waals surface area contributed by atoms with Crippen molar-refractivity contribution in [2.45, 2.75) is 19.9 Å². The summed E-state index contributed by atoms with van der Waals surface area (Å²) in [7, 11) is 0. The lowest BCUT2D eigenvalue weighted by molar-refractivity contribution is -0.132. The predicted octanol–water partition coefficient (Wildman–Crippen LogP) is 4.36. The van der Waals surface area contributed by atoms with E-state index in [9.17, 15) is 19.8 Å². The summed E-state index contributed by atoms with van der Waals surface area (Å²) in [6.07, 6.45) is 0. The molecule has 1 unspecified atom stereocenters. The maximum absolute atomic E-state index is 13.3. The molecule has 2 N–H and O–H groups in total. The lowest BCUT2D eigenvalue weighted by Gasteiger charge is -2.27. The molecule has 0 aliphatic carbocycles. The molecule has 0 radical (unpaired) electrons. The van der Waals surface area contributed by atoms with Crippen LogP contribution in [0.15, 0.2) is 66.2 Å². The molecule has 2 heterocycles. The Kier molecular flexibility index (Phi) is 4.82. The first kappa shape index (κ1) is 20.6. The quantitative estimate of drug-likeness (QED) is 0.355. The average Bonchev–Trinajstić information content (AvgIpc) is 3.36.